The molecule has 4 N–H and O–H groups in total. The Labute approximate surface area is 96.4 Å². The summed E-state index contributed by atoms with van der Waals surface area (Å²) in [5.41, 5.74) is 7.41. The van der Waals surface area contributed by atoms with E-state index in [1.165, 1.54) is 7.05 Å². The van der Waals surface area contributed by atoms with Gasteiger partial charge in [-0.15, -0.1) is 0 Å². The number of halogens is 1. The maximum absolute atomic E-state index is 11.3. The van der Waals surface area contributed by atoms with Crippen LogP contribution in [0.25, 0.3) is 0 Å². The fourth-order valence-corrected chi connectivity index (χ4v) is 1.06. The van der Waals surface area contributed by atoms with Crippen molar-refractivity contribution in [3.8, 4) is 0 Å². The lowest BCUT2D eigenvalue weighted by Crippen LogP contribution is -2.49. The van der Waals surface area contributed by atoms with Crippen LogP contribution in [-0.2, 0) is 4.79 Å². The summed E-state index contributed by atoms with van der Waals surface area (Å²) >= 11 is 2.98. The number of amides is 3. The van der Waals surface area contributed by atoms with Crippen LogP contribution in [0.5, 0.6) is 0 Å². The van der Waals surface area contributed by atoms with Gasteiger partial charge >= 0.3 is 6.03 Å². The lowest BCUT2D eigenvalue weighted by Gasteiger charge is -2.17. The van der Waals surface area contributed by atoms with Gasteiger partial charge in [0.2, 0.25) is 5.96 Å². The van der Waals surface area contributed by atoms with Gasteiger partial charge in [0.15, 0.2) is 0 Å². The van der Waals surface area contributed by atoms with Crippen molar-refractivity contribution in [3.63, 3.8) is 0 Å². The van der Waals surface area contributed by atoms with Gasteiger partial charge in [0.05, 0.1) is 16.1 Å². The highest BCUT2D eigenvalue weighted by atomic mass is 79.9. The standard InChI is InChI=1S/C7H14BrN5O2/c1-3-4-5(14)13(8)12-7(10-2)11-6(9)15/h3-4H2,1-2H3,(H4,9,10,11,12,15). The third-order valence-electron chi connectivity index (χ3n) is 1.35. The van der Waals surface area contributed by atoms with Gasteiger partial charge in [-0.1, -0.05) is 6.92 Å². The number of nitrogens with two attached hydrogens (primary N) is 1. The highest BCUT2D eigenvalue weighted by Gasteiger charge is 2.11. The fraction of sp³-hybridized carbons (Fsp3) is 0.571. The first-order valence-electron chi connectivity index (χ1n) is 4.29. The molecule has 0 bridgehead atoms. The molecule has 0 saturated heterocycles. The molecule has 3 amide bonds. The SMILES string of the molecule is CCCC(=O)N(Br)NC(=NC)NC(N)=O. The maximum Gasteiger partial charge on any atom is 0.318 e. The van der Waals surface area contributed by atoms with Crippen LogP contribution < -0.4 is 16.5 Å². The Hall–Kier alpha value is -1.31. The van der Waals surface area contributed by atoms with Gasteiger partial charge in [0.25, 0.3) is 5.91 Å². The zero-order valence-electron chi connectivity index (χ0n) is 8.58. The number of rotatable bonds is 2. The van der Waals surface area contributed by atoms with Crippen LogP contribution in [0.1, 0.15) is 19.8 Å². The molecule has 0 aliphatic carbocycles. The minimum absolute atomic E-state index is 0.0869. The third kappa shape index (κ3) is 5.89. The van der Waals surface area contributed by atoms with Gasteiger partial charge in [0.1, 0.15) is 0 Å². The van der Waals surface area contributed by atoms with Crippen LogP contribution in [-0.4, -0.2) is 29.0 Å². The molecule has 0 aromatic rings. The second kappa shape index (κ2) is 7.04. The molecule has 0 aromatic carbocycles. The van der Waals surface area contributed by atoms with Gasteiger partial charge in [-0.05, 0) is 6.42 Å². The first-order valence-corrected chi connectivity index (χ1v) is 5.00. The van der Waals surface area contributed by atoms with Crippen molar-refractivity contribution < 1.29 is 9.59 Å². The Bertz CT molecular complexity index is 268. The molecule has 0 fully saturated rings. The van der Waals surface area contributed by atoms with Crippen LogP contribution in [0, 0.1) is 0 Å². The number of nitrogens with one attached hydrogen (secondary N) is 2. The molecule has 7 nitrogen and oxygen atoms in total. The molecule has 0 aliphatic heterocycles. The van der Waals surface area contributed by atoms with E-state index in [-0.39, 0.29) is 11.9 Å². The average Bonchev–Trinajstić information content (AvgIpc) is 2.16. The van der Waals surface area contributed by atoms with Crippen molar-refractivity contribution in [2.24, 2.45) is 10.7 Å². The number of primary amides is 1. The predicted molar refractivity (Wildman–Crippen MR) is 59.9 cm³/mol. The van der Waals surface area contributed by atoms with Crippen LogP contribution in [0.4, 0.5) is 4.79 Å². The number of urea groups is 1. The van der Waals surface area contributed by atoms with Gasteiger partial charge in [-0.2, -0.15) is 4.03 Å². The quantitative estimate of drug-likeness (QED) is 0.289. The summed E-state index contributed by atoms with van der Waals surface area (Å²) < 4.78 is 1.06. The zero-order chi connectivity index (χ0) is 11.8. The summed E-state index contributed by atoms with van der Waals surface area (Å²) in [6, 6.07) is -0.757. The first-order chi connectivity index (χ1) is 7.01. The topological polar surface area (TPSA) is 99.8 Å². The summed E-state index contributed by atoms with van der Waals surface area (Å²) in [7, 11) is 1.45. The molecule has 0 aromatic heterocycles. The number of guanidine groups is 1. The minimum atomic E-state index is -0.757. The smallest absolute Gasteiger partial charge is 0.318 e. The zero-order valence-corrected chi connectivity index (χ0v) is 10.2. The Morgan fingerprint density at radius 1 is 1.53 bits per heavy atom. The summed E-state index contributed by atoms with van der Waals surface area (Å²) in [6.45, 7) is 1.88. The normalized spacial score (nSPS) is 10.7. The lowest BCUT2D eigenvalue weighted by molar-refractivity contribution is -0.126. The molecule has 0 atom stereocenters. The minimum Gasteiger partial charge on any atom is -0.351 e. The predicted octanol–water partition coefficient (Wildman–Crippen LogP) is 0.0837. The molecular formula is C7H14BrN5O2. The van der Waals surface area contributed by atoms with E-state index in [9.17, 15) is 9.59 Å². The Balaban J connectivity index is 4.18. The molecule has 0 rings (SSSR count). The van der Waals surface area contributed by atoms with E-state index in [1.807, 2.05) is 6.92 Å². The molecule has 0 spiro atoms. The Kier molecular flexibility index (Phi) is 6.43. The second-order valence-electron chi connectivity index (χ2n) is 2.60. The van der Waals surface area contributed by atoms with Crippen LogP contribution in [0.15, 0.2) is 4.99 Å². The van der Waals surface area contributed by atoms with E-state index >= 15 is 0 Å². The Morgan fingerprint density at radius 3 is 2.53 bits per heavy atom. The molecule has 8 heteroatoms. The van der Waals surface area contributed by atoms with E-state index in [1.54, 1.807) is 0 Å². The fourth-order valence-electron chi connectivity index (χ4n) is 0.718. The van der Waals surface area contributed by atoms with Crippen LogP contribution in [0.3, 0.4) is 0 Å². The van der Waals surface area contributed by atoms with Crippen molar-refractivity contribution in [3.05, 3.63) is 0 Å². The largest absolute Gasteiger partial charge is 0.351 e. The lowest BCUT2D eigenvalue weighted by atomic mass is 10.3. The average molecular weight is 280 g/mol. The van der Waals surface area contributed by atoms with Crippen molar-refractivity contribution in [1.82, 2.24) is 14.8 Å². The summed E-state index contributed by atoms with van der Waals surface area (Å²) in [4.78, 5) is 25.5. The molecule has 0 radical (unpaired) electrons. The summed E-state index contributed by atoms with van der Waals surface area (Å²) in [6.07, 6.45) is 1.11. The van der Waals surface area contributed by atoms with Gasteiger partial charge in [-0.3, -0.25) is 20.5 Å². The number of carbonyl (C=O) groups excluding carboxylic acids is 2. The number of hydrogen-bond acceptors (Lipinski definition) is 3. The van der Waals surface area contributed by atoms with Crippen LogP contribution >= 0.6 is 16.1 Å². The van der Waals surface area contributed by atoms with E-state index < -0.39 is 6.03 Å². The van der Waals surface area contributed by atoms with Gasteiger partial charge in [0, 0.05) is 13.5 Å². The molecule has 0 heterocycles. The van der Waals surface area contributed by atoms with Gasteiger partial charge in [-0.25, -0.2) is 4.79 Å². The van der Waals surface area contributed by atoms with E-state index in [0.29, 0.717) is 6.42 Å². The monoisotopic (exact) mass is 279 g/mol. The van der Waals surface area contributed by atoms with E-state index in [4.69, 9.17) is 5.73 Å². The molecule has 0 aliphatic rings. The van der Waals surface area contributed by atoms with Crippen molar-refractivity contribution in [2.45, 2.75) is 19.8 Å². The van der Waals surface area contributed by atoms with Gasteiger partial charge < -0.3 is 5.73 Å². The summed E-state index contributed by atoms with van der Waals surface area (Å²) in [5, 5.41) is 2.21. The van der Waals surface area contributed by atoms with Crippen LogP contribution in [0.2, 0.25) is 0 Å². The molecular weight excluding hydrogens is 266 g/mol. The molecule has 0 saturated carbocycles. The maximum atomic E-state index is 11.3. The number of hydrogen-bond donors (Lipinski definition) is 3. The highest BCUT2D eigenvalue weighted by Crippen LogP contribution is 1.99. The van der Waals surface area contributed by atoms with Crippen molar-refractivity contribution in [1.29, 1.82) is 0 Å². The van der Waals surface area contributed by atoms with E-state index in [2.05, 4.69) is 31.9 Å². The first kappa shape index (κ1) is 13.7. The Morgan fingerprint density at radius 2 is 2.13 bits per heavy atom. The van der Waals surface area contributed by atoms with Crippen molar-refractivity contribution in [2.75, 3.05) is 7.05 Å². The highest BCUT2D eigenvalue weighted by molar-refractivity contribution is 9.07. The molecule has 0 unspecified atom stereocenters. The number of hydrazine groups is 1. The van der Waals surface area contributed by atoms with E-state index in [0.717, 1.165) is 10.5 Å². The third-order valence-corrected chi connectivity index (χ3v) is 1.92. The second-order valence-corrected chi connectivity index (χ2v) is 3.31. The molecule has 86 valence electrons. The number of aliphatic imine (C=N–C) groups is 1. The summed E-state index contributed by atoms with van der Waals surface area (Å²) in [5.74, 6) is -0.0891. The number of carbonyl (C=O) groups is 2. The number of nitrogens with zero attached hydrogens (tertiary/aromatic N) is 2. The molecule has 15 heavy (non-hydrogen) atoms. The van der Waals surface area contributed by atoms with Crippen molar-refractivity contribution >= 4 is 34.0 Å².